The first-order chi connectivity index (χ1) is 9.25. The summed E-state index contributed by atoms with van der Waals surface area (Å²) in [5.41, 5.74) is 3.68. The predicted molar refractivity (Wildman–Crippen MR) is 70.8 cm³/mol. The molecule has 2 N–H and O–H groups in total. The van der Waals surface area contributed by atoms with E-state index >= 15 is 0 Å². The molecule has 5 nitrogen and oxygen atoms in total. The molecule has 0 saturated carbocycles. The van der Waals surface area contributed by atoms with Crippen molar-refractivity contribution >= 4 is 5.78 Å². The molecule has 0 fully saturated rings. The van der Waals surface area contributed by atoms with Crippen LogP contribution >= 0.6 is 0 Å². The van der Waals surface area contributed by atoms with Gasteiger partial charge in [-0.25, -0.2) is 4.98 Å². The van der Waals surface area contributed by atoms with Crippen molar-refractivity contribution in [2.75, 3.05) is 0 Å². The van der Waals surface area contributed by atoms with Gasteiger partial charge in [0, 0.05) is 29.2 Å². The molecule has 0 aliphatic heterocycles. The van der Waals surface area contributed by atoms with Crippen LogP contribution < -0.4 is 0 Å². The molecule has 0 amide bonds. The summed E-state index contributed by atoms with van der Waals surface area (Å²) in [6, 6.07) is 7.42. The van der Waals surface area contributed by atoms with Crippen molar-refractivity contribution in [1.82, 2.24) is 20.2 Å². The van der Waals surface area contributed by atoms with Gasteiger partial charge in [-0.15, -0.1) is 0 Å². The third-order valence-electron chi connectivity index (χ3n) is 3.00. The second-order valence-corrected chi connectivity index (χ2v) is 4.25. The molecule has 2 aromatic heterocycles. The Balaban J connectivity index is 1.92. The van der Waals surface area contributed by atoms with E-state index in [1.54, 1.807) is 30.7 Å². The molecular formula is C14H12N4O. The highest BCUT2D eigenvalue weighted by atomic mass is 16.1. The average Bonchev–Trinajstić information content (AvgIpc) is 3.09. The zero-order chi connectivity index (χ0) is 13.2. The fourth-order valence-electron chi connectivity index (χ4n) is 1.97. The molecule has 0 spiro atoms. The van der Waals surface area contributed by atoms with Crippen molar-refractivity contribution in [2.24, 2.45) is 0 Å². The molecule has 0 radical (unpaired) electrons. The summed E-state index contributed by atoms with van der Waals surface area (Å²) in [6.45, 7) is 1.96. The van der Waals surface area contributed by atoms with E-state index in [2.05, 4.69) is 20.2 Å². The van der Waals surface area contributed by atoms with E-state index < -0.39 is 0 Å². The van der Waals surface area contributed by atoms with Gasteiger partial charge in [0.05, 0.1) is 6.20 Å². The second-order valence-electron chi connectivity index (χ2n) is 4.25. The van der Waals surface area contributed by atoms with Gasteiger partial charge in [-0.1, -0.05) is 24.3 Å². The van der Waals surface area contributed by atoms with Gasteiger partial charge < -0.3 is 4.98 Å². The van der Waals surface area contributed by atoms with E-state index in [1.165, 1.54) is 0 Å². The van der Waals surface area contributed by atoms with E-state index in [0.717, 1.165) is 16.8 Å². The minimum atomic E-state index is -0.111. The predicted octanol–water partition coefficient (Wildman–Crippen LogP) is 2.34. The number of nitrogens with zero attached hydrogens (tertiary/aromatic N) is 2. The molecule has 0 saturated heterocycles. The normalized spacial score (nSPS) is 10.6. The van der Waals surface area contributed by atoms with Crippen molar-refractivity contribution in [3.05, 3.63) is 59.9 Å². The average molecular weight is 252 g/mol. The van der Waals surface area contributed by atoms with Crippen LogP contribution in [0.2, 0.25) is 0 Å². The summed E-state index contributed by atoms with van der Waals surface area (Å²) in [7, 11) is 0. The molecule has 94 valence electrons. The lowest BCUT2D eigenvalue weighted by molar-refractivity contribution is 0.103. The summed E-state index contributed by atoms with van der Waals surface area (Å²) in [6.07, 6.45) is 4.98. The number of aromatic amines is 2. The lowest BCUT2D eigenvalue weighted by atomic mass is 10.0. The van der Waals surface area contributed by atoms with Gasteiger partial charge in [0.2, 0.25) is 5.78 Å². The number of carbonyl (C=O) groups excluding carboxylic acids is 1. The maximum Gasteiger partial charge on any atom is 0.228 e. The van der Waals surface area contributed by atoms with Crippen LogP contribution in [0.15, 0.2) is 42.9 Å². The maximum absolute atomic E-state index is 12.1. The van der Waals surface area contributed by atoms with Crippen molar-refractivity contribution in [1.29, 1.82) is 0 Å². The minimum absolute atomic E-state index is 0.111. The number of benzene rings is 1. The summed E-state index contributed by atoms with van der Waals surface area (Å²) < 4.78 is 0. The molecule has 0 atom stereocenters. The zero-order valence-electron chi connectivity index (χ0n) is 10.3. The number of rotatable bonds is 3. The first-order valence-corrected chi connectivity index (χ1v) is 5.90. The van der Waals surface area contributed by atoms with Gasteiger partial charge in [0.1, 0.15) is 0 Å². The summed E-state index contributed by atoms with van der Waals surface area (Å²) in [4.78, 5) is 18.8. The molecular weight excluding hydrogens is 240 g/mol. The van der Waals surface area contributed by atoms with Crippen LogP contribution in [0.3, 0.4) is 0 Å². The minimum Gasteiger partial charge on any atom is -0.342 e. The van der Waals surface area contributed by atoms with E-state index in [-0.39, 0.29) is 5.78 Å². The molecule has 3 aromatic rings. The molecule has 0 unspecified atom stereocenters. The fourth-order valence-corrected chi connectivity index (χ4v) is 1.97. The number of hydrogen-bond donors (Lipinski definition) is 2. The Morgan fingerprint density at radius 1 is 1.21 bits per heavy atom. The van der Waals surface area contributed by atoms with E-state index in [4.69, 9.17) is 0 Å². The Bertz CT molecular complexity index is 695. The zero-order valence-corrected chi connectivity index (χ0v) is 10.3. The molecule has 0 aliphatic carbocycles. The highest BCUT2D eigenvalue weighted by Crippen LogP contribution is 2.22. The van der Waals surface area contributed by atoms with Crippen molar-refractivity contribution in [3.8, 4) is 11.1 Å². The highest BCUT2D eigenvalue weighted by Gasteiger charge is 2.11. The Hall–Kier alpha value is -2.69. The number of hydrogen-bond acceptors (Lipinski definition) is 3. The van der Waals surface area contributed by atoms with E-state index in [9.17, 15) is 4.79 Å². The first-order valence-electron chi connectivity index (χ1n) is 5.90. The maximum atomic E-state index is 12.1. The molecule has 0 aliphatic rings. The molecule has 0 bridgehead atoms. The number of aryl methyl sites for hydroxylation is 1. The van der Waals surface area contributed by atoms with Crippen LogP contribution in [-0.4, -0.2) is 25.9 Å². The van der Waals surface area contributed by atoms with Crippen LogP contribution in [-0.2, 0) is 0 Å². The van der Waals surface area contributed by atoms with Gasteiger partial charge in [0.15, 0.2) is 5.82 Å². The van der Waals surface area contributed by atoms with Gasteiger partial charge in [-0.2, -0.15) is 5.10 Å². The van der Waals surface area contributed by atoms with Crippen molar-refractivity contribution in [2.45, 2.75) is 6.92 Å². The van der Waals surface area contributed by atoms with Crippen LogP contribution in [0.25, 0.3) is 11.1 Å². The van der Waals surface area contributed by atoms with Gasteiger partial charge in [0.25, 0.3) is 0 Å². The summed E-state index contributed by atoms with van der Waals surface area (Å²) in [5.74, 6) is 0.243. The molecule has 2 heterocycles. The van der Waals surface area contributed by atoms with Gasteiger partial charge >= 0.3 is 0 Å². The van der Waals surface area contributed by atoms with Gasteiger partial charge in [-0.05, 0) is 12.5 Å². The number of imidazole rings is 1. The Morgan fingerprint density at radius 2 is 2.00 bits per heavy atom. The first kappa shape index (κ1) is 11.4. The standard InChI is InChI=1S/C14H12N4O/c1-9-12(8-17-18-9)10-2-4-11(5-3-10)13(19)14-15-6-7-16-14/h2-8H,1H3,(H,15,16)(H,17,18). The lowest BCUT2D eigenvalue weighted by Gasteiger charge is -2.01. The number of carbonyl (C=O) groups is 1. The molecule has 5 heteroatoms. The highest BCUT2D eigenvalue weighted by molar-refractivity contribution is 6.06. The lowest BCUT2D eigenvalue weighted by Crippen LogP contribution is -2.03. The quantitative estimate of drug-likeness (QED) is 0.702. The number of nitrogens with one attached hydrogen (secondary N) is 2. The fraction of sp³-hybridized carbons (Fsp3) is 0.0714. The topological polar surface area (TPSA) is 74.4 Å². The van der Waals surface area contributed by atoms with Crippen LogP contribution in [0.4, 0.5) is 0 Å². The number of aromatic nitrogens is 4. The summed E-state index contributed by atoms with van der Waals surface area (Å²) in [5, 5.41) is 6.88. The van der Waals surface area contributed by atoms with Crippen molar-refractivity contribution in [3.63, 3.8) is 0 Å². The Morgan fingerprint density at radius 3 is 2.58 bits per heavy atom. The summed E-state index contributed by atoms with van der Waals surface area (Å²) >= 11 is 0. The largest absolute Gasteiger partial charge is 0.342 e. The van der Waals surface area contributed by atoms with E-state index in [0.29, 0.717) is 11.4 Å². The van der Waals surface area contributed by atoms with Crippen LogP contribution in [0, 0.1) is 6.92 Å². The monoisotopic (exact) mass is 252 g/mol. The van der Waals surface area contributed by atoms with Crippen LogP contribution in [0.5, 0.6) is 0 Å². The smallest absolute Gasteiger partial charge is 0.228 e. The second kappa shape index (κ2) is 4.53. The molecule has 3 rings (SSSR count). The number of H-pyrrole nitrogens is 2. The Kier molecular flexibility index (Phi) is 2.72. The third kappa shape index (κ3) is 2.06. The third-order valence-corrected chi connectivity index (χ3v) is 3.00. The molecule has 19 heavy (non-hydrogen) atoms. The number of ketones is 1. The molecule has 1 aromatic carbocycles. The SMILES string of the molecule is Cc1[nH]ncc1-c1ccc(C(=O)c2ncc[nH]2)cc1. The van der Waals surface area contributed by atoms with Crippen molar-refractivity contribution < 1.29 is 4.79 Å². The van der Waals surface area contributed by atoms with Gasteiger partial charge in [-0.3, -0.25) is 9.89 Å². The van der Waals surface area contributed by atoms with E-state index in [1.807, 2.05) is 19.1 Å². The Labute approximate surface area is 109 Å². The van der Waals surface area contributed by atoms with Crippen LogP contribution in [0.1, 0.15) is 21.9 Å².